The van der Waals surface area contributed by atoms with Crippen LogP contribution in [0, 0.1) is 0 Å². The molecule has 23 heavy (non-hydrogen) atoms. The third-order valence-corrected chi connectivity index (χ3v) is 2.92. The number of amides is 1. The van der Waals surface area contributed by atoms with Crippen molar-refractivity contribution >= 4 is 18.1 Å². The molecule has 1 N–H and O–H groups in total. The third-order valence-electron chi connectivity index (χ3n) is 2.92. The van der Waals surface area contributed by atoms with Gasteiger partial charge in [0.1, 0.15) is 11.6 Å². The summed E-state index contributed by atoms with van der Waals surface area (Å²) in [5, 5.41) is 2.58. The average Bonchev–Trinajstić information content (AvgIpc) is 2.45. The molecule has 0 aliphatic rings. The summed E-state index contributed by atoms with van der Waals surface area (Å²) in [7, 11) is 0. The van der Waals surface area contributed by atoms with Crippen molar-refractivity contribution in [3.63, 3.8) is 0 Å². The van der Waals surface area contributed by atoms with Crippen LogP contribution in [-0.4, -0.2) is 30.3 Å². The number of hydrogen-bond acceptors (Lipinski definition) is 4. The van der Waals surface area contributed by atoms with Gasteiger partial charge in [-0.15, -0.1) is 0 Å². The Balaban J connectivity index is 2.80. The van der Waals surface area contributed by atoms with Crippen molar-refractivity contribution < 1.29 is 19.1 Å². The summed E-state index contributed by atoms with van der Waals surface area (Å²) >= 11 is 0. The van der Waals surface area contributed by atoms with E-state index >= 15 is 0 Å². The zero-order valence-corrected chi connectivity index (χ0v) is 14.2. The Morgan fingerprint density at radius 1 is 1.26 bits per heavy atom. The van der Waals surface area contributed by atoms with E-state index in [4.69, 9.17) is 9.47 Å². The highest BCUT2D eigenvalue weighted by Crippen LogP contribution is 2.11. The summed E-state index contributed by atoms with van der Waals surface area (Å²) in [6.45, 7) is 11.0. The Morgan fingerprint density at radius 2 is 1.87 bits per heavy atom. The largest absolute Gasteiger partial charge is 0.464 e. The van der Waals surface area contributed by atoms with Crippen LogP contribution in [0.4, 0.5) is 4.79 Å². The van der Waals surface area contributed by atoms with E-state index in [2.05, 4.69) is 11.9 Å². The smallest absolute Gasteiger partial charge is 0.408 e. The first-order valence-corrected chi connectivity index (χ1v) is 7.62. The van der Waals surface area contributed by atoms with Gasteiger partial charge in [0, 0.05) is 6.42 Å². The summed E-state index contributed by atoms with van der Waals surface area (Å²) in [6.07, 6.45) is 1.43. The highest BCUT2D eigenvalue weighted by molar-refractivity contribution is 5.81. The van der Waals surface area contributed by atoms with E-state index in [1.54, 1.807) is 33.8 Å². The van der Waals surface area contributed by atoms with Gasteiger partial charge in [0.2, 0.25) is 0 Å². The van der Waals surface area contributed by atoms with Gasteiger partial charge in [0.05, 0.1) is 6.61 Å². The fraction of sp³-hybridized carbons (Fsp3) is 0.444. The summed E-state index contributed by atoms with van der Waals surface area (Å²) in [5.74, 6) is -0.480. The van der Waals surface area contributed by atoms with Gasteiger partial charge in [0.25, 0.3) is 0 Å². The topological polar surface area (TPSA) is 64.6 Å². The molecule has 0 fully saturated rings. The molecule has 0 spiro atoms. The van der Waals surface area contributed by atoms with Gasteiger partial charge in [0.15, 0.2) is 0 Å². The second kappa shape index (κ2) is 8.36. The molecule has 5 nitrogen and oxygen atoms in total. The van der Waals surface area contributed by atoms with Crippen LogP contribution in [0.2, 0.25) is 0 Å². The molecule has 0 saturated carbocycles. The van der Waals surface area contributed by atoms with Crippen molar-refractivity contribution in [1.29, 1.82) is 0 Å². The third kappa shape index (κ3) is 7.00. The predicted molar refractivity (Wildman–Crippen MR) is 90.0 cm³/mol. The van der Waals surface area contributed by atoms with Gasteiger partial charge in [-0.3, -0.25) is 0 Å². The monoisotopic (exact) mass is 319 g/mol. The Bertz CT molecular complexity index is 543. The normalized spacial score (nSPS) is 12.2. The van der Waals surface area contributed by atoms with Crippen molar-refractivity contribution in [1.82, 2.24) is 5.32 Å². The highest BCUT2D eigenvalue weighted by atomic mass is 16.6. The standard InChI is InChI=1S/C18H25NO4/c1-6-13-8-10-14(11-9-13)12-15(16(20)22-7-2)19-17(21)23-18(3,4)5/h6,8-11,15H,1,7,12H2,2-5H3,(H,19,21)/t15-/m0/s1. The minimum absolute atomic E-state index is 0.251. The van der Waals surface area contributed by atoms with Crippen LogP contribution in [0.1, 0.15) is 38.8 Å². The number of carbonyl (C=O) groups is 2. The molecule has 0 saturated heterocycles. The lowest BCUT2D eigenvalue weighted by Crippen LogP contribution is -2.45. The van der Waals surface area contributed by atoms with Crippen LogP contribution in [-0.2, 0) is 20.7 Å². The molecule has 0 aliphatic heterocycles. The van der Waals surface area contributed by atoms with Crippen LogP contribution in [0.3, 0.4) is 0 Å². The Hall–Kier alpha value is -2.30. The quantitative estimate of drug-likeness (QED) is 0.817. The molecule has 0 heterocycles. The van der Waals surface area contributed by atoms with E-state index in [1.807, 2.05) is 24.3 Å². The van der Waals surface area contributed by atoms with E-state index in [9.17, 15) is 9.59 Å². The fourth-order valence-corrected chi connectivity index (χ4v) is 1.91. The second-order valence-electron chi connectivity index (χ2n) is 6.10. The van der Waals surface area contributed by atoms with Crippen LogP contribution in [0.25, 0.3) is 6.08 Å². The van der Waals surface area contributed by atoms with Gasteiger partial charge in [-0.05, 0) is 38.8 Å². The number of alkyl carbamates (subject to hydrolysis) is 1. The highest BCUT2D eigenvalue weighted by Gasteiger charge is 2.25. The summed E-state index contributed by atoms with van der Waals surface area (Å²) in [5.41, 5.74) is 1.26. The van der Waals surface area contributed by atoms with Gasteiger partial charge in [-0.2, -0.15) is 0 Å². The SMILES string of the molecule is C=Cc1ccc(C[C@H](NC(=O)OC(C)(C)C)C(=O)OCC)cc1. The number of esters is 1. The first-order chi connectivity index (χ1) is 10.7. The maximum atomic E-state index is 12.1. The number of hydrogen-bond donors (Lipinski definition) is 1. The van der Waals surface area contributed by atoms with Gasteiger partial charge in [-0.1, -0.05) is 36.9 Å². The van der Waals surface area contributed by atoms with Crippen LogP contribution in [0.15, 0.2) is 30.8 Å². The maximum Gasteiger partial charge on any atom is 0.408 e. The molecule has 1 rings (SSSR count). The number of benzene rings is 1. The molecule has 1 aromatic rings. The minimum Gasteiger partial charge on any atom is -0.464 e. The van der Waals surface area contributed by atoms with E-state index < -0.39 is 23.7 Å². The van der Waals surface area contributed by atoms with Gasteiger partial charge in [-0.25, -0.2) is 9.59 Å². The van der Waals surface area contributed by atoms with Crippen molar-refractivity contribution in [2.45, 2.75) is 45.8 Å². The Morgan fingerprint density at radius 3 is 2.35 bits per heavy atom. The lowest BCUT2D eigenvalue weighted by Gasteiger charge is -2.23. The predicted octanol–water partition coefficient (Wildman–Crippen LogP) is 3.33. The number of rotatable bonds is 6. The van der Waals surface area contributed by atoms with Crippen LogP contribution >= 0.6 is 0 Å². The fourth-order valence-electron chi connectivity index (χ4n) is 1.91. The van der Waals surface area contributed by atoms with Crippen molar-refractivity contribution in [3.05, 3.63) is 42.0 Å². The molecule has 0 radical (unpaired) electrons. The lowest BCUT2D eigenvalue weighted by atomic mass is 10.0. The molecule has 0 aromatic heterocycles. The lowest BCUT2D eigenvalue weighted by molar-refractivity contribution is -0.145. The van der Waals surface area contributed by atoms with E-state index in [0.29, 0.717) is 6.42 Å². The van der Waals surface area contributed by atoms with E-state index in [0.717, 1.165) is 11.1 Å². The summed E-state index contributed by atoms with van der Waals surface area (Å²) in [4.78, 5) is 24.0. The molecule has 5 heteroatoms. The molecule has 1 atom stereocenters. The minimum atomic E-state index is -0.792. The summed E-state index contributed by atoms with van der Waals surface area (Å²) in [6, 6.07) is 6.79. The molecule has 0 unspecified atom stereocenters. The second-order valence-corrected chi connectivity index (χ2v) is 6.10. The molecule has 1 amide bonds. The van der Waals surface area contributed by atoms with Crippen molar-refractivity contribution in [3.8, 4) is 0 Å². The van der Waals surface area contributed by atoms with E-state index in [-0.39, 0.29) is 6.61 Å². The number of nitrogens with one attached hydrogen (secondary N) is 1. The zero-order chi connectivity index (χ0) is 17.5. The van der Waals surface area contributed by atoms with Gasteiger partial charge < -0.3 is 14.8 Å². The Kier molecular flexibility index (Phi) is 6.82. The average molecular weight is 319 g/mol. The zero-order valence-electron chi connectivity index (χ0n) is 14.2. The first-order valence-electron chi connectivity index (χ1n) is 7.62. The number of carbonyl (C=O) groups excluding carboxylic acids is 2. The number of ether oxygens (including phenoxy) is 2. The molecule has 126 valence electrons. The molecule has 0 aliphatic carbocycles. The molecular weight excluding hydrogens is 294 g/mol. The maximum absolute atomic E-state index is 12.1. The van der Waals surface area contributed by atoms with Crippen molar-refractivity contribution in [2.75, 3.05) is 6.61 Å². The van der Waals surface area contributed by atoms with Crippen LogP contribution < -0.4 is 5.32 Å². The summed E-state index contributed by atoms with van der Waals surface area (Å²) < 4.78 is 10.2. The molecule has 0 bridgehead atoms. The Labute approximate surface area is 137 Å². The van der Waals surface area contributed by atoms with Crippen molar-refractivity contribution in [2.24, 2.45) is 0 Å². The van der Waals surface area contributed by atoms with Crippen LogP contribution in [0.5, 0.6) is 0 Å². The van der Waals surface area contributed by atoms with Gasteiger partial charge >= 0.3 is 12.1 Å². The van der Waals surface area contributed by atoms with E-state index in [1.165, 1.54) is 0 Å². The molecule has 1 aromatic carbocycles. The first kappa shape index (κ1) is 18.7. The molecular formula is C18H25NO4.